The Kier molecular flexibility index (Phi) is 4.42. The number of para-hydroxylation sites is 1. The van der Waals surface area contributed by atoms with Crippen LogP contribution in [0.15, 0.2) is 48.5 Å². The number of aromatic hydroxyl groups is 1. The van der Waals surface area contributed by atoms with Gasteiger partial charge in [0.25, 0.3) is 5.91 Å². The molecule has 3 N–H and O–H groups in total. The third-order valence-corrected chi connectivity index (χ3v) is 3.03. The molecule has 0 radical (unpaired) electrons. The number of nitrogens with two attached hydrogens (primary N) is 1. The second-order valence-electron chi connectivity index (χ2n) is 4.47. The molecule has 5 heteroatoms. The van der Waals surface area contributed by atoms with Gasteiger partial charge in [-0.2, -0.15) is 5.26 Å². The van der Waals surface area contributed by atoms with Gasteiger partial charge < -0.3 is 15.7 Å². The van der Waals surface area contributed by atoms with E-state index in [4.69, 9.17) is 11.0 Å². The molecule has 5 nitrogen and oxygen atoms in total. The molecule has 2 rings (SSSR count). The van der Waals surface area contributed by atoms with Gasteiger partial charge in [-0.25, -0.2) is 0 Å². The van der Waals surface area contributed by atoms with Gasteiger partial charge in [0.05, 0.1) is 18.1 Å². The largest absolute Gasteiger partial charge is 0.508 e. The first kappa shape index (κ1) is 14.4. The molecule has 0 unspecified atom stereocenters. The highest BCUT2D eigenvalue weighted by molar-refractivity contribution is 6.09. The summed E-state index contributed by atoms with van der Waals surface area (Å²) in [6.07, 6.45) is 0.208. The van der Waals surface area contributed by atoms with E-state index in [1.807, 2.05) is 24.3 Å². The first-order valence-electron chi connectivity index (χ1n) is 6.46. The lowest BCUT2D eigenvalue weighted by Gasteiger charge is -2.22. The number of carbonyl (C=O) groups excluding carboxylic acids is 1. The van der Waals surface area contributed by atoms with Crippen molar-refractivity contribution in [1.82, 2.24) is 0 Å². The SMILES string of the molecule is N#CCCN(C(=O)c1cc(O)ccc1N)c1ccccc1. The Balaban J connectivity index is 2.39. The zero-order valence-corrected chi connectivity index (χ0v) is 11.4. The van der Waals surface area contributed by atoms with Gasteiger partial charge in [-0.05, 0) is 30.3 Å². The van der Waals surface area contributed by atoms with Crippen LogP contribution in [-0.2, 0) is 0 Å². The number of nitrogen functional groups attached to an aromatic ring is 1. The van der Waals surface area contributed by atoms with Crippen LogP contribution in [0.3, 0.4) is 0 Å². The van der Waals surface area contributed by atoms with Crippen LogP contribution in [0.1, 0.15) is 16.8 Å². The summed E-state index contributed by atoms with van der Waals surface area (Å²) in [5.74, 6) is -0.370. The Labute approximate surface area is 122 Å². The number of amides is 1. The smallest absolute Gasteiger partial charge is 0.260 e. The molecule has 0 aliphatic carbocycles. The summed E-state index contributed by atoms with van der Waals surface area (Å²) in [4.78, 5) is 14.1. The van der Waals surface area contributed by atoms with Gasteiger partial charge in [-0.15, -0.1) is 0 Å². The number of hydrogen-bond acceptors (Lipinski definition) is 4. The average Bonchev–Trinajstić information content (AvgIpc) is 2.51. The van der Waals surface area contributed by atoms with E-state index in [1.165, 1.54) is 23.1 Å². The molecular weight excluding hydrogens is 266 g/mol. The van der Waals surface area contributed by atoms with Gasteiger partial charge in [-0.1, -0.05) is 18.2 Å². The highest BCUT2D eigenvalue weighted by atomic mass is 16.3. The van der Waals surface area contributed by atoms with E-state index in [-0.39, 0.29) is 35.9 Å². The van der Waals surface area contributed by atoms with Crippen LogP contribution in [0, 0.1) is 11.3 Å². The molecule has 0 spiro atoms. The Bertz CT molecular complexity index is 678. The molecular formula is C16H15N3O2. The van der Waals surface area contributed by atoms with E-state index >= 15 is 0 Å². The summed E-state index contributed by atoms with van der Waals surface area (Å²) in [5.41, 5.74) is 7.00. The normalized spacial score (nSPS) is 9.86. The molecule has 0 aliphatic rings. The number of anilines is 2. The van der Waals surface area contributed by atoms with Gasteiger partial charge >= 0.3 is 0 Å². The summed E-state index contributed by atoms with van der Waals surface area (Å²) >= 11 is 0. The van der Waals surface area contributed by atoms with Crippen molar-refractivity contribution in [3.05, 3.63) is 54.1 Å². The van der Waals surface area contributed by atoms with Gasteiger partial charge in [0.1, 0.15) is 5.75 Å². The molecule has 2 aromatic carbocycles. The average molecular weight is 281 g/mol. The molecule has 0 saturated heterocycles. The van der Waals surface area contributed by atoms with E-state index in [2.05, 4.69) is 0 Å². The summed E-state index contributed by atoms with van der Waals surface area (Å²) in [6, 6.07) is 15.3. The fourth-order valence-corrected chi connectivity index (χ4v) is 1.99. The van der Waals surface area contributed by atoms with E-state index in [1.54, 1.807) is 12.1 Å². The van der Waals surface area contributed by atoms with Gasteiger partial charge in [0, 0.05) is 17.9 Å². The molecule has 0 saturated carbocycles. The van der Waals surface area contributed by atoms with Crippen molar-refractivity contribution < 1.29 is 9.90 Å². The first-order chi connectivity index (χ1) is 10.1. The number of phenols is 1. The zero-order valence-electron chi connectivity index (χ0n) is 11.4. The van der Waals surface area contributed by atoms with E-state index < -0.39 is 0 Å². The van der Waals surface area contributed by atoms with Crippen molar-refractivity contribution in [3.8, 4) is 11.8 Å². The first-order valence-corrected chi connectivity index (χ1v) is 6.46. The molecule has 0 fully saturated rings. The van der Waals surface area contributed by atoms with Crippen LogP contribution < -0.4 is 10.6 Å². The molecule has 21 heavy (non-hydrogen) atoms. The summed E-state index contributed by atoms with van der Waals surface area (Å²) < 4.78 is 0. The summed E-state index contributed by atoms with van der Waals surface area (Å²) in [6.45, 7) is 0.258. The van der Waals surface area contributed by atoms with Crippen molar-refractivity contribution in [1.29, 1.82) is 5.26 Å². The maximum Gasteiger partial charge on any atom is 0.260 e. The topological polar surface area (TPSA) is 90.3 Å². The number of nitriles is 1. The van der Waals surface area contributed by atoms with Gasteiger partial charge in [-0.3, -0.25) is 4.79 Å². The Morgan fingerprint density at radius 3 is 2.62 bits per heavy atom. The Hall–Kier alpha value is -3.00. The van der Waals surface area contributed by atoms with Crippen LogP contribution in [0.25, 0.3) is 0 Å². The predicted molar refractivity (Wildman–Crippen MR) is 80.9 cm³/mol. The monoisotopic (exact) mass is 281 g/mol. The molecule has 2 aromatic rings. The van der Waals surface area contributed by atoms with Crippen LogP contribution in [-0.4, -0.2) is 17.6 Å². The molecule has 0 atom stereocenters. The van der Waals surface area contributed by atoms with Crippen LogP contribution >= 0.6 is 0 Å². The molecule has 0 aliphatic heterocycles. The van der Waals surface area contributed by atoms with E-state index in [0.29, 0.717) is 5.69 Å². The minimum Gasteiger partial charge on any atom is -0.508 e. The van der Waals surface area contributed by atoms with Crippen molar-refractivity contribution in [2.45, 2.75) is 6.42 Å². The third-order valence-electron chi connectivity index (χ3n) is 3.03. The number of rotatable bonds is 4. The minimum atomic E-state index is -0.343. The van der Waals surface area contributed by atoms with Crippen molar-refractivity contribution >= 4 is 17.3 Å². The lowest BCUT2D eigenvalue weighted by Crippen LogP contribution is -2.32. The number of nitrogens with zero attached hydrogens (tertiary/aromatic N) is 2. The van der Waals surface area contributed by atoms with Crippen LogP contribution in [0.2, 0.25) is 0 Å². The Morgan fingerprint density at radius 1 is 1.24 bits per heavy atom. The minimum absolute atomic E-state index is 0.0270. The standard InChI is InChI=1S/C16H15N3O2/c17-9-4-10-19(12-5-2-1-3-6-12)16(21)14-11-13(20)7-8-15(14)18/h1-3,5-8,11,20H,4,10,18H2. The number of phenolic OH excluding ortho intramolecular Hbond substituents is 1. The highest BCUT2D eigenvalue weighted by Crippen LogP contribution is 2.23. The maximum absolute atomic E-state index is 12.6. The number of benzene rings is 2. The fraction of sp³-hybridized carbons (Fsp3) is 0.125. The molecule has 0 bridgehead atoms. The van der Waals surface area contributed by atoms with Gasteiger partial charge in [0.2, 0.25) is 0 Å². The molecule has 106 valence electrons. The second-order valence-corrected chi connectivity index (χ2v) is 4.47. The number of hydrogen-bond donors (Lipinski definition) is 2. The van der Waals surface area contributed by atoms with E-state index in [0.717, 1.165) is 0 Å². The summed E-state index contributed by atoms with van der Waals surface area (Å²) in [5, 5.41) is 18.3. The van der Waals surface area contributed by atoms with Crippen molar-refractivity contribution in [3.63, 3.8) is 0 Å². The predicted octanol–water partition coefficient (Wildman–Crippen LogP) is 2.53. The van der Waals surface area contributed by atoms with Crippen molar-refractivity contribution in [2.75, 3.05) is 17.2 Å². The van der Waals surface area contributed by atoms with Crippen LogP contribution in [0.5, 0.6) is 5.75 Å². The number of carbonyl (C=O) groups is 1. The highest BCUT2D eigenvalue weighted by Gasteiger charge is 2.20. The quantitative estimate of drug-likeness (QED) is 0.665. The molecule has 0 aromatic heterocycles. The lowest BCUT2D eigenvalue weighted by molar-refractivity contribution is 0.0988. The molecule has 0 heterocycles. The zero-order chi connectivity index (χ0) is 15.2. The summed E-state index contributed by atoms with van der Waals surface area (Å²) in [7, 11) is 0. The molecule has 1 amide bonds. The van der Waals surface area contributed by atoms with E-state index in [9.17, 15) is 9.90 Å². The maximum atomic E-state index is 12.6. The second kappa shape index (κ2) is 6.44. The lowest BCUT2D eigenvalue weighted by atomic mass is 10.1. The van der Waals surface area contributed by atoms with Gasteiger partial charge in [0.15, 0.2) is 0 Å². The third kappa shape index (κ3) is 3.31. The van der Waals surface area contributed by atoms with Crippen LogP contribution in [0.4, 0.5) is 11.4 Å². The fourth-order valence-electron chi connectivity index (χ4n) is 1.99. The Morgan fingerprint density at radius 2 is 1.95 bits per heavy atom. The van der Waals surface area contributed by atoms with Crippen molar-refractivity contribution in [2.24, 2.45) is 0 Å².